The smallest absolute Gasteiger partial charge is 0.336 e. The van der Waals surface area contributed by atoms with Gasteiger partial charge in [0.25, 0.3) is 0 Å². The van der Waals surface area contributed by atoms with Gasteiger partial charge in [0.15, 0.2) is 0 Å². The molecule has 3 aromatic rings. The van der Waals surface area contributed by atoms with Crippen LogP contribution < -0.4 is 0 Å². The number of rotatable bonds is 2. The van der Waals surface area contributed by atoms with Crippen molar-refractivity contribution in [2.75, 3.05) is 0 Å². The minimum absolute atomic E-state index is 0.0500. The number of aromatic nitrogens is 1. The molecule has 6 heteroatoms. The van der Waals surface area contributed by atoms with Gasteiger partial charge in [-0.05, 0) is 40.2 Å². The minimum atomic E-state index is -1.10. The standard InChI is InChI=1S/C14H7BrFNO2S/c15-12-5-4-11(20-12)10-6-8(14(18)19)7-2-1-3-9(16)13(7)17-10/h1-6H,(H,18,19). The van der Waals surface area contributed by atoms with E-state index in [1.54, 1.807) is 6.07 Å². The number of fused-ring (bicyclic) bond motifs is 1. The fourth-order valence-corrected chi connectivity index (χ4v) is 3.32. The molecule has 0 bridgehead atoms. The van der Waals surface area contributed by atoms with Crippen LogP contribution >= 0.6 is 27.3 Å². The highest BCUT2D eigenvalue weighted by atomic mass is 79.9. The maximum Gasteiger partial charge on any atom is 0.336 e. The van der Waals surface area contributed by atoms with E-state index >= 15 is 0 Å². The summed E-state index contributed by atoms with van der Waals surface area (Å²) in [6, 6.07) is 9.44. The molecule has 0 unspecified atom stereocenters. The van der Waals surface area contributed by atoms with Gasteiger partial charge in [0.1, 0.15) is 11.3 Å². The van der Waals surface area contributed by atoms with E-state index in [4.69, 9.17) is 0 Å². The van der Waals surface area contributed by atoms with Crippen molar-refractivity contribution in [1.82, 2.24) is 4.98 Å². The molecule has 0 atom stereocenters. The second-order valence-electron chi connectivity index (χ2n) is 4.10. The first kappa shape index (κ1) is 13.2. The number of halogens is 2. The van der Waals surface area contributed by atoms with E-state index in [0.29, 0.717) is 11.1 Å². The van der Waals surface area contributed by atoms with Gasteiger partial charge in [-0.1, -0.05) is 12.1 Å². The Labute approximate surface area is 125 Å². The second kappa shape index (κ2) is 4.96. The molecule has 0 fully saturated rings. The van der Waals surface area contributed by atoms with Crippen molar-refractivity contribution in [3.63, 3.8) is 0 Å². The normalized spacial score (nSPS) is 10.9. The Bertz CT molecular complexity index is 831. The van der Waals surface area contributed by atoms with Gasteiger partial charge in [-0.3, -0.25) is 0 Å². The third kappa shape index (κ3) is 2.21. The molecule has 0 spiro atoms. The van der Waals surface area contributed by atoms with Gasteiger partial charge in [0.2, 0.25) is 0 Å². The molecule has 3 rings (SSSR count). The summed E-state index contributed by atoms with van der Waals surface area (Å²) in [4.78, 5) is 16.4. The first-order valence-corrected chi connectivity index (χ1v) is 7.25. The summed E-state index contributed by atoms with van der Waals surface area (Å²) in [5.74, 6) is -1.62. The summed E-state index contributed by atoms with van der Waals surface area (Å²) in [7, 11) is 0. The van der Waals surface area contributed by atoms with Gasteiger partial charge >= 0.3 is 5.97 Å². The van der Waals surface area contributed by atoms with Crippen molar-refractivity contribution in [3.05, 3.63) is 51.6 Å². The third-order valence-electron chi connectivity index (χ3n) is 2.85. The maximum absolute atomic E-state index is 13.9. The van der Waals surface area contributed by atoms with Gasteiger partial charge in [-0.15, -0.1) is 11.3 Å². The molecule has 0 aliphatic carbocycles. The van der Waals surface area contributed by atoms with Crippen molar-refractivity contribution in [2.45, 2.75) is 0 Å². The lowest BCUT2D eigenvalue weighted by Gasteiger charge is -2.06. The molecule has 0 saturated carbocycles. The van der Waals surface area contributed by atoms with Crippen LogP contribution in [0.25, 0.3) is 21.5 Å². The predicted molar refractivity (Wildman–Crippen MR) is 79.7 cm³/mol. The number of carboxylic acid groups (broad SMARTS) is 1. The Balaban J connectivity index is 2.35. The summed E-state index contributed by atoms with van der Waals surface area (Å²) in [6.07, 6.45) is 0. The van der Waals surface area contributed by atoms with Crippen molar-refractivity contribution in [3.8, 4) is 10.6 Å². The number of hydrogen-bond acceptors (Lipinski definition) is 3. The van der Waals surface area contributed by atoms with E-state index in [9.17, 15) is 14.3 Å². The Kier molecular flexibility index (Phi) is 3.27. The fourth-order valence-electron chi connectivity index (χ4n) is 1.97. The van der Waals surface area contributed by atoms with Crippen LogP contribution in [0.5, 0.6) is 0 Å². The SMILES string of the molecule is O=C(O)c1cc(-c2ccc(Br)s2)nc2c(F)cccc12. The zero-order valence-corrected chi connectivity index (χ0v) is 12.3. The molecule has 0 amide bonds. The van der Waals surface area contributed by atoms with Gasteiger partial charge < -0.3 is 5.11 Å². The van der Waals surface area contributed by atoms with E-state index in [0.717, 1.165) is 8.66 Å². The number of carbonyl (C=O) groups is 1. The number of aromatic carboxylic acids is 1. The third-order valence-corrected chi connectivity index (χ3v) is 4.49. The summed E-state index contributed by atoms with van der Waals surface area (Å²) < 4.78 is 14.8. The average Bonchev–Trinajstić information content (AvgIpc) is 2.85. The zero-order chi connectivity index (χ0) is 14.3. The lowest BCUT2D eigenvalue weighted by molar-refractivity contribution is 0.0699. The van der Waals surface area contributed by atoms with Crippen molar-refractivity contribution < 1.29 is 14.3 Å². The molecule has 3 nitrogen and oxygen atoms in total. The van der Waals surface area contributed by atoms with Crippen LogP contribution in [-0.2, 0) is 0 Å². The summed E-state index contributed by atoms with van der Waals surface area (Å²) in [6.45, 7) is 0. The molecule has 0 saturated heterocycles. The molecule has 1 N–H and O–H groups in total. The number of benzene rings is 1. The molecule has 100 valence electrons. The second-order valence-corrected chi connectivity index (χ2v) is 6.56. The summed E-state index contributed by atoms with van der Waals surface area (Å²) in [5.41, 5.74) is 0.580. The quantitative estimate of drug-likeness (QED) is 0.735. The van der Waals surface area contributed by atoms with E-state index < -0.39 is 11.8 Å². The van der Waals surface area contributed by atoms with Crippen LogP contribution in [0.15, 0.2) is 40.2 Å². The molecule has 0 aliphatic rings. The maximum atomic E-state index is 13.9. The molecule has 2 aromatic heterocycles. The Hall–Kier alpha value is -1.79. The van der Waals surface area contributed by atoms with Gasteiger partial charge in [0.05, 0.1) is 19.9 Å². The van der Waals surface area contributed by atoms with Crippen LogP contribution in [0, 0.1) is 5.82 Å². The predicted octanol–water partition coefficient (Wildman–Crippen LogP) is 4.56. The van der Waals surface area contributed by atoms with E-state index in [-0.39, 0.29) is 11.1 Å². The number of hydrogen-bond donors (Lipinski definition) is 1. The monoisotopic (exact) mass is 351 g/mol. The van der Waals surface area contributed by atoms with Crippen molar-refractivity contribution in [2.24, 2.45) is 0 Å². The first-order chi connectivity index (χ1) is 9.56. The molecule has 1 aromatic carbocycles. The van der Waals surface area contributed by atoms with Crippen LogP contribution in [0.1, 0.15) is 10.4 Å². The fraction of sp³-hybridized carbons (Fsp3) is 0. The molecule has 0 aliphatic heterocycles. The van der Waals surface area contributed by atoms with Gasteiger partial charge in [-0.2, -0.15) is 0 Å². The Morgan fingerprint density at radius 2 is 2.10 bits per heavy atom. The Morgan fingerprint density at radius 1 is 1.30 bits per heavy atom. The van der Waals surface area contributed by atoms with E-state index in [1.165, 1.54) is 29.5 Å². The molecule has 20 heavy (non-hydrogen) atoms. The summed E-state index contributed by atoms with van der Waals surface area (Å²) >= 11 is 4.76. The molecular weight excluding hydrogens is 345 g/mol. The zero-order valence-electron chi connectivity index (χ0n) is 9.93. The number of para-hydroxylation sites is 1. The summed E-state index contributed by atoms with van der Waals surface area (Å²) in [5, 5.41) is 9.60. The van der Waals surface area contributed by atoms with Crippen LogP contribution in [0.4, 0.5) is 4.39 Å². The van der Waals surface area contributed by atoms with E-state index in [1.807, 2.05) is 12.1 Å². The lowest BCUT2D eigenvalue weighted by Crippen LogP contribution is -2.01. The van der Waals surface area contributed by atoms with Crippen molar-refractivity contribution in [1.29, 1.82) is 0 Å². The number of nitrogens with zero attached hydrogens (tertiary/aromatic N) is 1. The molecular formula is C14H7BrFNO2S. The van der Waals surface area contributed by atoms with Crippen LogP contribution in [0.3, 0.4) is 0 Å². The van der Waals surface area contributed by atoms with E-state index in [2.05, 4.69) is 20.9 Å². The first-order valence-electron chi connectivity index (χ1n) is 5.64. The van der Waals surface area contributed by atoms with Crippen LogP contribution in [0.2, 0.25) is 0 Å². The minimum Gasteiger partial charge on any atom is -0.478 e. The molecule has 0 radical (unpaired) electrons. The highest BCUT2D eigenvalue weighted by Crippen LogP contribution is 2.32. The number of pyridine rings is 1. The number of carboxylic acids is 1. The highest BCUT2D eigenvalue weighted by Gasteiger charge is 2.15. The van der Waals surface area contributed by atoms with Crippen LogP contribution in [-0.4, -0.2) is 16.1 Å². The van der Waals surface area contributed by atoms with Gasteiger partial charge in [-0.25, -0.2) is 14.2 Å². The topological polar surface area (TPSA) is 50.2 Å². The van der Waals surface area contributed by atoms with Crippen molar-refractivity contribution >= 4 is 44.1 Å². The molecule has 2 heterocycles. The Morgan fingerprint density at radius 3 is 2.75 bits per heavy atom. The number of thiophene rings is 1. The largest absolute Gasteiger partial charge is 0.478 e. The highest BCUT2D eigenvalue weighted by molar-refractivity contribution is 9.11. The lowest BCUT2D eigenvalue weighted by atomic mass is 10.1. The van der Waals surface area contributed by atoms with Gasteiger partial charge in [0, 0.05) is 5.39 Å². The average molecular weight is 352 g/mol.